The zero-order chi connectivity index (χ0) is 13.0. The third-order valence-corrected chi connectivity index (χ3v) is 2.81. The molecule has 1 amide bonds. The summed E-state index contributed by atoms with van der Waals surface area (Å²) in [5, 5.41) is 0. The van der Waals surface area contributed by atoms with E-state index in [4.69, 9.17) is 5.73 Å². The molecule has 2 N–H and O–H groups in total. The van der Waals surface area contributed by atoms with E-state index >= 15 is 0 Å². The molecule has 0 aromatic heterocycles. The first-order valence-corrected chi connectivity index (χ1v) is 5.80. The average Bonchev–Trinajstić information content (AvgIpc) is 2.39. The Labute approximate surface area is 107 Å². The van der Waals surface area contributed by atoms with Crippen molar-refractivity contribution in [3.63, 3.8) is 0 Å². The molecule has 0 bridgehead atoms. The van der Waals surface area contributed by atoms with Crippen LogP contribution in [0.5, 0.6) is 0 Å². The highest BCUT2D eigenvalue weighted by molar-refractivity contribution is 5.93. The number of hydrogen-bond acceptors (Lipinski definition) is 1. The van der Waals surface area contributed by atoms with Crippen molar-refractivity contribution in [3.05, 3.63) is 66.2 Å². The van der Waals surface area contributed by atoms with Gasteiger partial charge in [0.25, 0.3) is 0 Å². The number of allylic oxidation sites excluding steroid dienone is 1. The molecule has 18 heavy (non-hydrogen) atoms. The van der Waals surface area contributed by atoms with Crippen molar-refractivity contribution >= 4 is 11.5 Å². The summed E-state index contributed by atoms with van der Waals surface area (Å²) in [5.74, 6) is -0.417. The number of primary amides is 1. The highest BCUT2D eigenvalue weighted by atomic mass is 16.1. The van der Waals surface area contributed by atoms with Crippen LogP contribution in [0, 0.1) is 0 Å². The molecule has 0 heterocycles. The highest BCUT2D eigenvalue weighted by Crippen LogP contribution is 2.21. The average molecular weight is 237 g/mol. The Morgan fingerprint density at radius 3 is 2.06 bits per heavy atom. The van der Waals surface area contributed by atoms with E-state index in [-0.39, 0.29) is 0 Å². The van der Waals surface area contributed by atoms with Crippen LogP contribution in [-0.4, -0.2) is 5.91 Å². The van der Waals surface area contributed by atoms with Crippen LogP contribution < -0.4 is 5.73 Å². The SMILES string of the molecule is CC(=CC(N)=O)c1ccc(-c2ccccc2)cc1. The van der Waals surface area contributed by atoms with E-state index in [9.17, 15) is 4.79 Å². The molecule has 0 aliphatic rings. The van der Waals surface area contributed by atoms with Gasteiger partial charge in [-0.3, -0.25) is 4.79 Å². The van der Waals surface area contributed by atoms with Crippen molar-refractivity contribution in [1.29, 1.82) is 0 Å². The molecule has 2 aromatic rings. The number of nitrogens with two attached hydrogens (primary N) is 1. The van der Waals surface area contributed by atoms with E-state index in [1.165, 1.54) is 11.6 Å². The van der Waals surface area contributed by atoms with Crippen LogP contribution in [0.25, 0.3) is 16.7 Å². The minimum atomic E-state index is -0.417. The fraction of sp³-hybridized carbons (Fsp3) is 0.0625. The standard InChI is InChI=1S/C16H15NO/c1-12(11-16(17)18)13-7-9-15(10-8-13)14-5-3-2-4-6-14/h2-11H,1H3,(H2,17,18). The summed E-state index contributed by atoms with van der Waals surface area (Å²) < 4.78 is 0. The second-order valence-corrected chi connectivity index (χ2v) is 4.17. The molecule has 2 rings (SSSR count). The molecular formula is C16H15NO. The molecule has 0 atom stereocenters. The summed E-state index contributed by atoms with van der Waals surface area (Å²) >= 11 is 0. The summed E-state index contributed by atoms with van der Waals surface area (Å²) in [6, 6.07) is 18.3. The third-order valence-electron chi connectivity index (χ3n) is 2.81. The quantitative estimate of drug-likeness (QED) is 0.818. The van der Waals surface area contributed by atoms with Gasteiger partial charge in [-0.1, -0.05) is 54.6 Å². The number of carbonyl (C=O) groups is 1. The Morgan fingerprint density at radius 2 is 1.50 bits per heavy atom. The first-order chi connectivity index (χ1) is 8.66. The smallest absolute Gasteiger partial charge is 0.241 e. The first-order valence-electron chi connectivity index (χ1n) is 5.80. The lowest BCUT2D eigenvalue weighted by atomic mass is 10.0. The molecule has 2 aromatic carbocycles. The number of rotatable bonds is 3. The number of benzene rings is 2. The highest BCUT2D eigenvalue weighted by Gasteiger charge is 1.99. The molecular weight excluding hydrogens is 222 g/mol. The molecule has 0 aliphatic heterocycles. The number of carbonyl (C=O) groups excluding carboxylic acids is 1. The minimum absolute atomic E-state index is 0.417. The van der Waals surface area contributed by atoms with Gasteiger partial charge < -0.3 is 5.73 Å². The normalized spacial score (nSPS) is 11.3. The third kappa shape index (κ3) is 2.86. The van der Waals surface area contributed by atoms with Gasteiger partial charge in [0, 0.05) is 6.08 Å². The summed E-state index contributed by atoms with van der Waals surface area (Å²) in [5.41, 5.74) is 9.36. The van der Waals surface area contributed by atoms with Crippen molar-refractivity contribution in [2.24, 2.45) is 5.73 Å². The van der Waals surface area contributed by atoms with Crippen molar-refractivity contribution in [2.75, 3.05) is 0 Å². The maximum Gasteiger partial charge on any atom is 0.241 e. The van der Waals surface area contributed by atoms with Crippen LogP contribution in [0.3, 0.4) is 0 Å². The predicted octanol–water partition coefficient (Wildman–Crippen LogP) is 3.24. The summed E-state index contributed by atoms with van der Waals surface area (Å²) in [6.07, 6.45) is 1.44. The lowest BCUT2D eigenvalue weighted by molar-refractivity contribution is -0.113. The van der Waals surface area contributed by atoms with Crippen molar-refractivity contribution in [3.8, 4) is 11.1 Å². The fourth-order valence-corrected chi connectivity index (χ4v) is 1.85. The van der Waals surface area contributed by atoms with Gasteiger partial charge in [-0.05, 0) is 29.2 Å². The van der Waals surface area contributed by atoms with Crippen molar-refractivity contribution < 1.29 is 4.79 Å². The molecule has 0 fully saturated rings. The Kier molecular flexibility index (Phi) is 3.58. The molecule has 0 aliphatic carbocycles. The van der Waals surface area contributed by atoms with Crippen molar-refractivity contribution in [2.45, 2.75) is 6.92 Å². The second kappa shape index (κ2) is 5.32. The fourth-order valence-electron chi connectivity index (χ4n) is 1.85. The van der Waals surface area contributed by atoms with E-state index in [1.807, 2.05) is 49.4 Å². The predicted molar refractivity (Wildman–Crippen MR) is 74.7 cm³/mol. The molecule has 0 saturated carbocycles. The molecule has 2 heteroatoms. The monoisotopic (exact) mass is 237 g/mol. The van der Waals surface area contributed by atoms with Gasteiger partial charge in [0.05, 0.1) is 0 Å². The second-order valence-electron chi connectivity index (χ2n) is 4.17. The van der Waals surface area contributed by atoms with Crippen LogP contribution in [-0.2, 0) is 4.79 Å². The van der Waals surface area contributed by atoms with Gasteiger partial charge in [0.2, 0.25) is 5.91 Å². The van der Waals surface area contributed by atoms with Gasteiger partial charge in [-0.25, -0.2) is 0 Å². The zero-order valence-corrected chi connectivity index (χ0v) is 10.3. The number of hydrogen-bond donors (Lipinski definition) is 1. The van der Waals surface area contributed by atoms with E-state index in [2.05, 4.69) is 12.1 Å². The largest absolute Gasteiger partial charge is 0.366 e. The summed E-state index contributed by atoms with van der Waals surface area (Å²) in [4.78, 5) is 10.8. The Morgan fingerprint density at radius 1 is 0.944 bits per heavy atom. The van der Waals surface area contributed by atoms with Crippen LogP contribution in [0.1, 0.15) is 12.5 Å². The van der Waals surface area contributed by atoms with Gasteiger partial charge >= 0.3 is 0 Å². The molecule has 0 radical (unpaired) electrons. The van der Waals surface area contributed by atoms with Gasteiger partial charge in [0.1, 0.15) is 0 Å². The van der Waals surface area contributed by atoms with Gasteiger partial charge in [-0.15, -0.1) is 0 Å². The first kappa shape index (κ1) is 12.1. The Bertz CT molecular complexity index is 568. The lowest BCUT2D eigenvalue weighted by Gasteiger charge is -2.04. The van der Waals surface area contributed by atoms with E-state index < -0.39 is 5.91 Å². The molecule has 0 unspecified atom stereocenters. The van der Waals surface area contributed by atoms with Crippen LogP contribution in [0.4, 0.5) is 0 Å². The summed E-state index contributed by atoms with van der Waals surface area (Å²) in [6.45, 7) is 1.88. The lowest BCUT2D eigenvalue weighted by Crippen LogP contribution is -2.06. The molecule has 0 saturated heterocycles. The maximum absolute atomic E-state index is 10.8. The number of amides is 1. The molecule has 0 spiro atoms. The molecule has 90 valence electrons. The van der Waals surface area contributed by atoms with Gasteiger partial charge in [-0.2, -0.15) is 0 Å². The van der Waals surface area contributed by atoms with Crippen LogP contribution in [0.2, 0.25) is 0 Å². The van der Waals surface area contributed by atoms with E-state index in [1.54, 1.807) is 0 Å². The van der Waals surface area contributed by atoms with E-state index in [0.717, 1.165) is 16.7 Å². The van der Waals surface area contributed by atoms with Crippen LogP contribution in [0.15, 0.2) is 60.7 Å². The van der Waals surface area contributed by atoms with Crippen molar-refractivity contribution in [1.82, 2.24) is 0 Å². The zero-order valence-electron chi connectivity index (χ0n) is 10.3. The summed E-state index contributed by atoms with van der Waals surface area (Å²) in [7, 11) is 0. The maximum atomic E-state index is 10.8. The Balaban J connectivity index is 2.29. The van der Waals surface area contributed by atoms with Gasteiger partial charge in [0.15, 0.2) is 0 Å². The molecule has 2 nitrogen and oxygen atoms in total. The van der Waals surface area contributed by atoms with E-state index in [0.29, 0.717) is 0 Å². The topological polar surface area (TPSA) is 43.1 Å². The Hall–Kier alpha value is -2.35. The van der Waals surface area contributed by atoms with Crippen LogP contribution >= 0.6 is 0 Å². The minimum Gasteiger partial charge on any atom is -0.366 e.